The quantitative estimate of drug-likeness (QED) is 0.907. The van der Waals surface area contributed by atoms with Gasteiger partial charge in [-0.1, -0.05) is 0 Å². The zero-order valence-electron chi connectivity index (χ0n) is 11.2. The molecule has 2 atom stereocenters. The first kappa shape index (κ1) is 14.8. The summed E-state index contributed by atoms with van der Waals surface area (Å²) in [5, 5.41) is 14.4. The first-order valence-electron chi connectivity index (χ1n) is 6.51. The van der Waals surface area contributed by atoms with Crippen LogP contribution in [-0.4, -0.2) is 21.8 Å². The molecule has 1 saturated carbocycles. The van der Waals surface area contributed by atoms with E-state index in [2.05, 4.69) is 46.1 Å². The number of rotatable bonds is 4. The van der Waals surface area contributed by atoms with Crippen molar-refractivity contribution in [2.75, 3.05) is 0 Å². The smallest absolute Gasteiger partial charge is 0.110 e. The second kappa shape index (κ2) is 6.25. The van der Waals surface area contributed by atoms with Gasteiger partial charge in [0.1, 0.15) is 10.6 Å². The zero-order valence-corrected chi connectivity index (χ0v) is 13.6. The summed E-state index contributed by atoms with van der Waals surface area (Å²) >= 11 is 5.30. The summed E-state index contributed by atoms with van der Waals surface area (Å²) in [6.45, 7) is 4.18. The Kier molecular flexibility index (Phi) is 4.88. The molecule has 0 aromatic carbocycles. The van der Waals surface area contributed by atoms with Crippen molar-refractivity contribution in [2.24, 2.45) is 0 Å². The van der Waals surface area contributed by atoms with Gasteiger partial charge in [0.25, 0.3) is 0 Å². The predicted molar refractivity (Wildman–Crippen MR) is 82.0 cm³/mol. The van der Waals surface area contributed by atoms with Crippen LogP contribution in [0.4, 0.5) is 0 Å². The lowest BCUT2D eigenvalue weighted by Crippen LogP contribution is -2.45. The van der Waals surface area contributed by atoms with E-state index in [0.717, 1.165) is 28.8 Å². The molecular weight excluding hydrogens is 322 g/mol. The van der Waals surface area contributed by atoms with Gasteiger partial charge in [0.05, 0.1) is 6.07 Å². The maximum absolute atomic E-state index is 9.46. The van der Waals surface area contributed by atoms with E-state index in [0.29, 0.717) is 11.3 Å². The van der Waals surface area contributed by atoms with E-state index >= 15 is 0 Å². The van der Waals surface area contributed by atoms with Gasteiger partial charge in [-0.05, 0) is 61.2 Å². The first-order chi connectivity index (χ1) is 9.04. The van der Waals surface area contributed by atoms with Crippen LogP contribution < -0.4 is 5.32 Å². The molecule has 19 heavy (non-hydrogen) atoms. The van der Waals surface area contributed by atoms with E-state index in [4.69, 9.17) is 0 Å². The average Bonchev–Trinajstić information content (AvgIpc) is 2.75. The minimum atomic E-state index is -0.354. The molecule has 0 aliphatic heterocycles. The highest BCUT2D eigenvalue weighted by molar-refractivity contribution is 9.10. The SMILES string of the molecule is CC(C)NC1(C#N)CCC(Sc2ncccc2Br)C1. The summed E-state index contributed by atoms with van der Waals surface area (Å²) in [7, 11) is 0. The Morgan fingerprint density at radius 1 is 1.63 bits per heavy atom. The maximum Gasteiger partial charge on any atom is 0.110 e. The number of nitrogens with one attached hydrogen (secondary N) is 1. The molecule has 102 valence electrons. The minimum Gasteiger partial charge on any atom is -0.297 e. The van der Waals surface area contributed by atoms with Gasteiger partial charge in [-0.25, -0.2) is 4.98 Å². The lowest BCUT2D eigenvalue weighted by Gasteiger charge is -2.25. The summed E-state index contributed by atoms with van der Waals surface area (Å²) in [5.41, 5.74) is -0.354. The van der Waals surface area contributed by atoms with E-state index in [-0.39, 0.29) is 5.54 Å². The number of nitrogens with zero attached hydrogens (tertiary/aromatic N) is 2. The molecule has 1 aliphatic carbocycles. The van der Waals surface area contributed by atoms with Gasteiger partial charge in [-0.3, -0.25) is 5.32 Å². The van der Waals surface area contributed by atoms with Crippen LogP contribution in [0.1, 0.15) is 33.1 Å². The van der Waals surface area contributed by atoms with Crippen LogP contribution in [0.25, 0.3) is 0 Å². The third-order valence-corrected chi connectivity index (χ3v) is 5.44. The summed E-state index contributed by atoms with van der Waals surface area (Å²) in [5.74, 6) is 0. The van der Waals surface area contributed by atoms with Crippen LogP contribution >= 0.6 is 27.7 Å². The van der Waals surface area contributed by atoms with Crippen molar-refractivity contribution in [1.82, 2.24) is 10.3 Å². The molecule has 2 rings (SSSR count). The number of halogens is 1. The van der Waals surface area contributed by atoms with Gasteiger partial charge in [0.2, 0.25) is 0 Å². The fourth-order valence-corrected chi connectivity index (χ4v) is 4.29. The Hall–Kier alpha value is -0.570. The number of hydrogen-bond donors (Lipinski definition) is 1. The molecule has 0 bridgehead atoms. The van der Waals surface area contributed by atoms with Crippen molar-refractivity contribution < 1.29 is 0 Å². The van der Waals surface area contributed by atoms with Gasteiger partial charge >= 0.3 is 0 Å². The van der Waals surface area contributed by atoms with Crippen molar-refractivity contribution in [1.29, 1.82) is 5.26 Å². The lowest BCUT2D eigenvalue weighted by atomic mass is 9.99. The molecular formula is C14H18BrN3S. The summed E-state index contributed by atoms with van der Waals surface area (Å²) < 4.78 is 1.03. The van der Waals surface area contributed by atoms with Crippen molar-refractivity contribution in [2.45, 2.75) is 55.0 Å². The molecule has 0 radical (unpaired) electrons. The number of nitriles is 1. The summed E-state index contributed by atoms with van der Waals surface area (Å²) in [4.78, 5) is 4.39. The fraction of sp³-hybridized carbons (Fsp3) is 0.571. The minimum absolute atomic E-state index is 0.338. The Labute approximate surface area is 127 Å². The summed E-state index contributed by atoms with van der Waals surface area (Å²) in [6, 6.07) is 6.75. The Morgan fingerprint density at radius 3 is 3.05 bits per heavy atom. The van der Waals surface area contributed by atoms with Crippen molar-refractivity contribution in [3.8, 4) is 6.07 Å². The van der Waals surface area contributed by atoms with Crippen LogP contribution in [-0.2, 0) is 0 Å². The van der Waals surface area contributed by atoms with Gasteiger partial charge in [0, 0.05) is 22.0 Å². The normalized spacial score (nSPS) is 26.6. The first-order valence-corrected chi connectivity index (χ1v) is 8.18. The highest BCUT2D eigenvalue weighted by atomic mass is 79.9. The predicted octanol–water partition coefficient (Wildman–Crippen LogP) is 3.75. The molecule has 1 aliphatic rings. The van der Waals surface area contributed by atoms with E-state index in [9.17, 15) is 5.26 Å². The monoisotopic (exact) mass is 339 g/mol. The van der Waals surface area contributed by atoms with E-state index in [1.54, 1.807) is 11.8 Å². The second-order valence-electron chi connectivity index (χ2n) is 5.27. The topological polar surface area (TPSA) is 48.7 Å². The van der Waals surface area contributed by atoms with Gasteiger partial charge in [-0.2, -0.15) is 5.26 Å². The van der Waals surface area contributed by atoms with Crippen molar-refractivity contribution in [3.05, 3.63) is 22.8 Å². The Morgan fingerprint density at radius 2 is 2.42 bits per heavy atom. The molecule has 3 nitrogen and oxygen atoms in total. The molecule has 2 unspecified atom stereocenters. The van der Waals surface area contributed by atoms with E-state index in [1.807, 2.05) is 18.3 Å². The molecule has 5 heteroatoms. The molecule has 1 aromatic rings. The molecule has 1 heterocycles. The van der Waals surface area contributed by atoms with Gasteiger partial charge < -0.3 is 0 Å². The van der Waals surface area contributed by atoms with Crippen molar-refractivity contribution in [3.63, 3.8) is 0 Å². The van der Waals surface area contributed by atoms with Crippen LogP contribution in [0.15, 0.2) is 27.8 Å². The molecule has 1 N–H and O–H groups in total. The molecule has 1 fully saturated rings. The number of aromatic nitrogens is 1. The van der Waals surface area contributed by atoms with E-state index < -0.39 is 0 Å². The summed E-state index contributed by atoms with van der Waals surface area (Å²) in [6.07, 6.45) is 4.67. The van der Waals surface area contributed by atoms with Gasteiger partial charge in [0.15, 0.2) is 0 Å². The second-order valence-corrected chi connectivity index (χ2v) is 7.41. The third-order valence-electron chi connectivity index (χ3n) is 3.25. The molecule has 0 spiro atoms. The zero-order chi connectivity index (χ0) is 13.9. The average molecular weight is 340 g/mol. The van der Waals surface area contributed by atoms with Crippen LogP contribution in [0.3, 0.4) is 0 Å². The maximum atomic E-state index is 9.46. The molecule has 1 aromatic heterocycles. The standard InChI is InChI=1S/C14H18BrN3S/c1-10(2)18-14(9-16)6-5-11(8-14)19-13-12(15)4-3-7-17-13/h3-4,7,10-11,18H,5-6,8H2,1-2H3. The Bertz CT molecular complexity index is 486. The number of thioether (sulfide) groups is 1. The number of hydrogen-bond acceptors (Lipinski definition) is 4. The van der Waals surface area contributed by atoms with Gasteiger partial charge in [-0.15, -0.1) is 11.8 Å². The van der Waals surface area contributed by atoms with Crippen LogP contribution in [0.5, 0.6) is 0 Å². The lowest BCUT2D eigenvalue weighted by molar-refractivity contribution is 0.386. The Balaban J connectivity index is 2.02. The van der Waals surface area contributed by atoms with Crippen molar-refractivity contribution >= 4 is 27.7 Å². The molecule has 0 amide bonds. The van der Waals surface area contributed by atoms with E-state index in [1.165, 1.54) is 0 Å². The van der Waals surface area contributed by atoms with Crippen LogP contribution in [0.2, 0.25) is 0 Å². The largest absolute Gasteiger partial charge is 0.297 e. The van der Waals surface area contributed by atoms with Crippen LogP contribution in [0, 0.1) is 11.3 Å². The fourth-order valence-electron chi connectivity index (χ4n) is 2.53. The highest BCUT2D eigenvalue weighted by Gasteiger charge is 2.40. The highest BCUT2D eigenvalue weighted by Crippen LogP contribution is 2.41. The molecule has 0 saturated heterocycles. The third kappa shape index (κ3) is 3.71. The number of pyridine rings is 1.